The highest BCUT2D eigenvalue weighted by Gasteiger charge is 2.41. The molecule has 1 aliphatic carbocycles. The smallest absolute Gasteiger partial charge is 0.333 e. The fourth-order valence-corrected chi connectivity index (χ4v) is 9.94. The lowest BCUT2D eigenvalue weighted by Crippen LogP contribution is -2.23. The van der Waals surface area contributed by atoms with Crippen LogP contribution in [0.1, 0.15) is 42.7 Å². The fourth-order valence-electron chi connectivity index (χ4n) is 7.87. The minimum Gasteiger partial charge on any atom is -0.486 e. The summed E-state index contributed by atoms with van der Waals surface area (Å²) in [6.07, 6.45) is 3.44. The zero-order chi connectivity index (χ0) is 36.7. The lowest BCUT2D eigenvalue weighted by molar-refractivity contribution is -0.132. The molecule has 4 aromatic carbocycles. The van der Waals surface area contributed by atoms with Gasteiger partial charge >= 0.3 is 5.97 Å². The number of thiophene rings is 2. The monoisotopic (exact) mass is 727 g/mol. The van der Waals surface area contributed by atoms with E-state index in [1.54, 1.807) is 11.3 Å². The Morgan fingerprint density at radius 3 is 1.89 bits per heavy atom. The van der Waals surface area contributed by atoms with Gasteiger partial charge in [0, 0.05) is 39.3 Å². The molecule has 0 amide bonds. The third-order valence-corrected chi connectivity index (χ3v) is 12.8. The third-order valence-electron chi connectivity index (χ3n) is 10.6. The van der Waals surface area contributed by atoms with Gasteiger partial charge in [-0.1, -0.05) is 68.4 Å². The summed E-state index contributed by atoms with van der Waals surface area (Å²) < 4.78 is 2.19. The topological polar surface area (TPSA) is 49.8 Å². The summed E-state index contributed by atoms with van der Waals surface area (Å²) in [6, 6.07) is 47.8. The quantitative estimate of drug-likeness (QED) is 0.113. The second-order valence-electron chi connectivity index (χ2n) is 13.3. The largest absolute Gasteiger partial charge is 0.486 e. The summed E-state index contributed by atoms with van der Waals surface area (Å²) in [5.41, 5.74) is 11.9. The van der Waals surface area contributed by atoms with Crippen molar-refractivity contribution < 1.29 is 9.90 Å². The van der Waals surface area contributed by atoms with Gasteiger partial charge in [-0.25, -0.2) is 4.85 Å². The summed E-state index contributed by atoms with van der Waals surface area (Å²) in [4.78, 5) is 21.0. The van der Waals surface area contributed by atoms with E-state index >= 15 is 0 Å². The molecule has 0 atom stereocenters. The Kier molecular flexibility index (Phi) is 8.95. The first-order chi connectivity index (χ1) is 25.8. The fraction of sp³-hybridized carbons (Fsp3) is 0.130. The van der Waals surface area contributed by atoms with Crippen molar-refractivity contribution in [3.05, 3.63) is 167 Å². The SMILES string of the molecule is [C-]#[N+]/C(=C\c1ccc(-c2ccc(-c3ccc(-c4ccc5c(c4)C(CC)(CC)c4cc(N(c6ccccc6)c6ccccc6)ccc4-5)s3)n2C)s1)C(=O)O. The molecule has 0 radical (unpaired) electrons. The van der Waals surface area contributed by atoms with Gasteiger partial charge in [0.05, 0.1) is 27.7 Å². The van der Waals surface area contributed by atoms with Crippen molar-refractivity contribution >= 4 is 51.8 Å². The van der Waals surface area contributed by atoms with Crippen LogP contribution in [-0.4, -0.2) is 15.6 Å². The third kappa shape index (κ3) is 5.90. The minimum atomic E-state index is -1.21. The van der Waals surface area contributed by atoms with Crippen LogP contribution in [0.15, 0.2) is 139 Å². The number of nitrogens with zero attached hydrogens (tertiary/aromatic N) is 3. The number of carbonyl (C=O) groups is 1. The van der Waals surface area contributed by atoms with Gasteiger partial charge in [-0.05, 0) is 126 Å². The molecule has 0 saturated carbocycles. The molecule has 1 aliphatic rings. The maximum absolute atomic E-state index is 11.3. The predicted molar refractivity (Wildman–Crippen MR) is 221 cm³/mol. The van der Waals surface area contributed by atoms with E-state index in [0.29, 0.717) is 0 Å². The van der Waals surface area contributed by atoms with Gasteiger partial charge < -0.3 is 14.6 Å². The van der Waals surface area contributed by atoms with Crippen molar-refractivity contribution in [3.63, 3.8) is 0 Å². The first-order valence-corrected chi connectivity index (χ1v) is 19.4. The van der Waals surface area contributed by atoms with E-state index in [0.717, 1.165) is 51.0 Å². The van der Waals surface area contributed by atoms with Crippen LogP contribution in [0.25, 0.3) is 53.6 Å². The summed E-state index contributed by atoms with van der Waals surface area (Å²) in [5.74, 6) is -1.21. The van der Waals surface area contributed by atoms with E-state index in [2.05, 4.69) is 157 Å². The zero-order valence-corrected chi connectivity index (χ0v) is 31.3. The number of aliphatic carboxylic acids is 1. The highest BCUT2D eigenvalue weighted by molar-refractivity contribution is 7.18. The summed E-state index contributed by atoms with van der Waals surface area (Å²) in [5, 5.41) is 9.27. The Hall–Kier alpha value is -5.94. The van der Waals surface area contributed by atoms with Crippen LogP contribution >= 0.6 is 22.7 Å². The van der Waals surface area contributed by atoms with Gasteiger partial charge in [0.25, 0.3) is 5.70 Å². The van der Waals surface area contributed by atoms with Gasteiger partial charge in [-0.2, -0.15) is 0 Å². The van der Waals surface area contributed by atoms with Gasteiger partial charge in [0.15, 0.2) is 0 Å². The summed E-state index contributed by atoms with van der Waals surface area (Å²) in [6.45, 7) is 11.8. The lowest BCUT2D eigenvalue weighted by atomic mass is 9.73. The van der Waals surface area contributed by atoms with Gasteiger partial charge in [-0.3, -0.25) is 4.79 Å². The number of aromatic nitrogens is 1. The van der Waals surface area contributed by atoms with Crippen LogP contribution in [0.2, 0.25) is 0 Å². The van der Waals surface area contributed by atoms with Crippen LogP contribution in [0.4, 0.5) is 17.1 Å². The van der Waals surface area contributed by atoms with Crippen molar-refractivity contribution in [2.75, 3.05) is 4.90 Å². The van der Waals surface area contributed by atoms with E-state index in [4.69, 9.17) is 6.57 Å². The molecule has 3 heterocycles. The normalized spacial score (nSPS) is 13.0. The molecule has 260 valence electrons. The maximum Gasteiger partial charge on any atom is 0.333 e. The Morgan fingerprint density at radius 1 is 0.717 bits per heavy atom. The molecule has 7 heteroatoms. The maximum atomic E-state index is 11.3. The van der Waals surface area contributed by atoms with E-state index in [9.17, 15) is 9.90 Å². The van der Waals surface area contributed by atoms with Gasteiger partial charge in [0.1, 0.15) is 0 Å². The molecule has 0 unspecified atom stereocenters. The molecular weight excluding hydrogens is 691 g/mol. The second-order valence-corrected chi connectivity index (χ2v) is 15.5. The number of para-hydroxylation sites is 2. The van der Waals surface area contributed by atoms with Crippen LogP contribution in [0, 0.1) is 6.57 Å². The molecule has 0 aliphatic heterocycles. The molecule has 3 aromatic heterocycles. The molecule has 0 bridgehead atoms. The van der Waals surface area contributed by atoms with Crippen molar-refractivity contribution in [3.8, 4) is 42.7 Å². The minimum absolute atomic E-state index is 0.0996. The van der Waals surface area contributed by atoms with Crippen LogP contribution in [-0.2, 0) is 17.3 Å². The van der Waals surface area contributed by atoms with Crippen molar-refractivity contribution in [2.45, 2.75) is 32.1 Å². The number of hydrogen-bond acceptors (Lipinski definition) is 4. The van der Waals surface area contributed by atoms with Crippen LogP contribution in [0.5, 0.6) is 0 Å². The van der Waals surface area contributed by atoms with Crippen LogP contribution in [0.3, 0.4) is 0 Å². The lowest BCUT2D eigenvalue weighted by Gasteiger charge is -2.32. The van der Waals surface area contributed by atoms with E-state index in [-0.39, 0.29) is 11.1 Å². The van der Waals surface area contributed by atoms with E-state index < -0.39 is 5.97 Å². The first-order valence-electron chi connectivity index (χ1n) is 17.7. The molecule has 7 aromatic rings. The molecule has 5 nitrogen and oxygen atoms in total. The van der Waals surface area contributed by atoms with E-state index in [1.165, 1.54) is 55.0 Å². The highest BCUT2D eigenvalue weighted by atomic mass is 32.1. The van der Waals surface area contributed by atoms with Crippen molar-refractivity contribution in [1.82, 2.24) is 4.57 Å². The average molecular weight is 728 g/mol. The Bertz CT molecular complexity index is 2510. The number of benzene rings is 4. The summed E-state index contributed by atoms with van der Waals surface area (Å²) >= 11 is 3.27. The van der Waals surface area contributed by atoms with E-state index in [1.807, 2.05) is 12.1 Å². The molecule has 8 rings (SSSR count). The molecule has 0 fully saturated rings. The molecule has 1 N–H and O–H groups in total. The standard InChI is InChI=1S/C46H37N3O2S2/c1-5-46(6-2)37-27-30(42-25-26-44(53-42)41-23-22-40(48(41)4)43-24-19-34(52-43)29-39(47-3)45(50)51)17-20-35(37)36-21-18-33(28-38(36)46)49(31-13-9-7-10-14-31)32-15-11-8-12-16-32/h7-29H,5-6H2,1-2,4H3,(H,50,51)/b39-29-. The number of fused-ring (bicyclic) bond motifs is 3. The van der Waals surface area contributed by atoms with Crippen LogP contribution < -0.4 is 4.90 Å². The molecular formula is C46H37N3O2S2. The summed E-state index contributed by atoms with van der Waals surface area (Å²) in [7, 11) is 2.07. The molecule has 0 saturated heterocycles. The first kappa shape index (κ1) is 34.2. The Morgan fingerprint density at radius 2 is 1.28 bits per heavy atom. The number of rotatable bonds is 10. The number of hydrogen-bond donors (Lipinski definition) is 1. The van der Waals surface area contributed by atoms with Crippen molar-refractivity contribution in [2.24, 2.45) is 7.05 Å². The Balaban J connectivity index is 1.13. The molecule has 53 heavy (non-hydrogen) atoms. The highest BCUT2D eigenvalue weighted by Crippen LogP contribution is 2.55. The molecule has 0 spiro atoms. The van der Waals surface area contributed by atoms with Gasteiger partial charge in [-0.15, -0.1) is 22.7 Å². The van der Waals surface area contributed by atoms with Crippen molar-refractivity contribution in [1.29, 1.82) is 0 Å². The number of carboxylic acid groups (broad SMARTS) is 1. The zero-order valence-electron chi connectivity index (χ0n) is 29.7. The number of anilines is 3. The van der Waals surface area contributed by atoms with Gasteiger partial charge in [0.2, 0.25) is 0 Å². The average Bonchev–Trinajstić information content (AvgIpc) is 3.99. The number of carboxylic acids is 1. The Labute approximate surface area is 318 Å². The predicted octanol–water partition coefficient (Wildman–Crippen LogP) is 13.1. The second kappa shape index (κ2) is 13.9.